The average molecular weight is 308 g/mol. The predicted molar refractivity (Wildman–Crippen MR) is 80.1 cm³/mol. The maximum Gasteiger partial charge on any atom is 0.214 e. The molecule has 0 radical (unpaired) electrons. The van der Waals surface area contributed by atoms with Gasteiger partial charge in [0.05, 0.1) is 22.5 Å². The minimum absolute atomic E-state index is 0.176. The fourth-order valence-corrected chi connectivity index (χ4v) is 4.12. The molecule has 0 spiro atoms. The van der Waals surface area contributed by atoms with Crippen molar-refractivity contribution in [3.8, 4) is 0 Å². The molecule has 4 nitrogen and oxygen atoms in total. The van der Waals surface area contributed by atoms with Gasteiger partial charge in [-0.3, -0.25) is 0 Å². The second kappa shape index (κ2) is 5.63. The molecule has 0 amide bonds. The Morgan fingerprint density at radius 2 is 2.00 bits per heavy atom. The van der Waals surface area contributed by atoms with E-state index in [1.165, 1.54) is 5.56 Å². The lowest BCUT2D eigenvalue weighted by Crippen LogP contribution is -2.26. The molecule has 1 heterocycles. The van der Waals surface area contributed by atoms with Crippen LogP contribution in [0.1, 0.15) is 29.1 Å². The Labute approximate surface area is 122 Å². The zero-order valence-corrected chi connectivity index (χ0v) is 12.6. The van der Waals surface area contributed by atoms with Crippen molar-refractivity contribution in [2.75, 3.05) is 0 Å². The van der Waals surface area contributed by atoms with E-state index < -0.39 is 10.0 Å². The summed E-state index contributed by atoms with van der Waals surface area (Å²) >= 11 is 1.57. The van der Waals surface area contributed by atoms with Crippen molar-refractivity contribution in [3.05, 3.63) is 52.0 Å². The second-order valence-corrected chi connectivity index (χ2v) is 7.95. The molecule has 0 saturated heterocycles. The Balaban J connectivity index is 1.59. The molecule has 0 bridgehead atoms. The lowest BCUT2D eigenvalue weighted by Gasteiger charge is -2.02. The Morgan fingerprint density at radius 1 is 1.25 bits per heavy atom. The minimum Gasteiger partial charge on any atom is -0.245 e. The maximum absolute atomic E-state index is 11.7. The number of benzene rings is 1. The number of rotatable bonds is 6. The highest BCUT2D eigenvalue weighted by atomic mass is 32.2. The zero-order chi connectivity index (χ0) is 14.0. The molecule has 1 aromatic carbocycles. The van der Waals surface area contributed by atoms with Gasteiger partial charge in [-0.25, -0.2) is 18.1 Å². The third-order valence-electron chi connectivity index (χ3n) is 3.22. The predicted octanol–water partition coefficient (Wildman–Crippen LogP) is 2.32. The number of aromatic nitrogens is 1. The highest BCUT2D eigenvalue weighted by Gasteiger charge is 2.35. The van der Waals surface area contributed by atoms with Crippen LogP contribution in [0, 0.1) is 0 Å². The highest BCUT2D eigenvalue weighted by Crippen LogP contribution is 2.27. The van der Waals surface area contributed by atoms with Crippen molar-refractivity contribution in [2.24, 2.45) is 0 Å². The molecule has 0 unspecified atom stereocenters. The quantitative estimate of drug-likeness (QED) is 0.891. The van der Waals surface area contributed by atoms with E-state index in [-0.39, 0.29) is 5.25 Å². The van der Waals surface area contributed by atoms with Gasteiger partial charge in [0.15, 0.2) is 0 Å². The van der Waals surface area contributed by atoms with Gasteiger partial charge in [-0.2, -0.15) is 0 Å². The van der Waals surface area contributed by atoms with Crippen molar-refractivity contribution in [1.82, 2.24) is 9.71 Å². The number of hydrogen-bond donors (Lipinski definition) is 1. The molecule has 1 aliphatic carbocycles. The molecule has 3 rings (SSSR count). The second-order valence-electron chi connectivity index (χ2n) is 4.96. The molecular formula is C14H16N2O2S2. The van der Waals surface area contributed by atoms with Crippen LogP contribution in [0.3, 0.4) is 0 Å². The van der Waals surface area contributed by atoms with Crippen molar-refractivity contribution in [2.45, 2.75) is 31.1 Å². The average Bonchev–Trinajstić information content (AvgIpc) is 3.21. The van der Waals surface area contributed by atoms with Crippen molar-refractivity contribution < 1.29 is 8.42 Å². The smallest absolute Gasteiger partial charge is 0.214 e. The van der Waals surface area contributed by atoms with Gasteiger partial charge in [0.25, 0.3) is 0 Å². The summed E-state index contributed by atoms with van der Waals surface area (Å²) in [7, 11) is -3.12. The van der Waals surface area contributed by atoms with Crippen LogP contribution in [0.15, 0.2) is 35.7 Å². The van der Waals surface area contributed by atoms with E-state index in [1.807, 2.05) is 23.6 Å². The van der Waals surface area contributed by atoms with E-state index in [4.69, 9.17) is 0 Å². The first-order chi connectivity index (χ1) is 9.63. The van der Waals surface area contributed by atoms with Gasteiger partial charge in [0, 0.05) is 11.8 Å². The summed E-state index contributed by atoms with van der Waals surface area (Å²) in [6, 6.07) is 10.1. The fourth-order valence-electron chi connectivity index (χ4n) is 1.95. The summed E-state index contributed by atoms with van der Waals surface area (Å²) < 4.78 is 26.1. The summed E-state index contributed by atoms with van der Waals surface area (Å²) in [5.74, 6) is 0. The molecule has 106 valence electrons. The molecule has 2 aromatic rings. The van der Waals surface area contributed by atoms with Gasteiger partial charge in [0.1, 0.15) is 0 Å². The fraction of sp³-hybridized carbons (Fsp3) is 0.357. The van der Waals surface area contributed by atoms with Gasteiger partial charge in [-0.1, -0.05) is 30.3 Å². The molecule has 6 heteroatoms. The van der Waals surface area contributed by atoms with Gasteiger partial charge in [-0.05, 0) is 18.4 Å². The van der Waals surface area contributed by atoms with Crippen molar-refractivity contribution >= 4 is 21.4 Å². The summed E-state index contributed by atoms with van der Waals surface area (Å²) in [6.07, 6.45) is 2.36. The van der Waals surface area contributed by atoms with Crippen LogP contribution >= 0.6 is 11.3 Å². The van der Waals surface area contributed by atoms with Gasteiger partial charge < -0.3 is 0 Å². The molecule has 1 N–H and O–H groups in total. The first-order valence-corrected chi connectivity index (χ1v) is 9.02. The molecule has 1 saturated carbocycles. The number of hydrogen-bond acceptors (Lipinski definition) is 4. The van der Waals surface area contributed by atoms with Gasteiger partial charge >= 0.3 is 0 Å². The van der Waals surface area contributed by atoms with E-state index in [0.717, 1.165) is 30.0 Å². The number of nitrogens with one attached hydrogen (secondary N) is 1. The van der Waals surface area contributed by atoms with Crippen molar-refractivity contribution in [3.63, 3.8) is 0 Å². The molecule has 0 atom stereocenters. The van der Waals surface area contributed by atoms with Crippen LogP contribution in [0.4, 0.5) is 0 Å². The number of nitrogens with zero attached hydrogens (tertiary/aromatic N) is 1. The Bertz CT molecular complexity index is 676. The molecular weight excluding hydrogens is 292 g/mol. The number of sulfonamides is 1. The first kappa shape index (κ1) is 13.7. The topological polar surface area (TPSA) is 59.1 Å². The zero-order valence-electron chi connectivity index (χ0n) is 11.0. The van der Waals surface area contributed by atoms with E-state index >= 15 is 0 Å². The standard InChI is InChI=1S/C14H16N2O2S2/c17-20(18,13-6-7-13)15-9-12-10-19-14(16-12)8-11-4-2-1-3-5-11/h1-5,10,13,15H,6-9H2. The Kier molecular flexibility index (Phi) is 3.87. The monoisotopic (exact) mass is 308 g/mol. The largest absolute Gasteiger partial charge is 0.245 e. The van der Waals surface area contributed by atoms with E-state index in [1.54, 1.807) is 11.3 Å². The van der Waals surface area contributed by atoms with E-state index in [0.29, 0.717) is 6.54 Å². The summed E-state index contributed by atoms with van der Waals surface area (Å²) in [4.78, 5) is 4.48. The SMILES string of the molecule is O=S(=O)(NCc1csc(Cc2ccccc2)n1)C1CC1. The molecule has 1 aliphatic rings. The summed E-state index contributed by atoms with van der Waals surface area (Å²) in [6.45, 7) is 0.296. The lowest BCUT2D eigenvalue weighted by atomic mass is 10.2. The van der Waals surface area contributed by atoms with Crippen molar-refractivity contribution in [1.29, 1.82) is 0 Å². The minimum atomic E-state index is -3.12. The van der Waals surface area contributed by atoms with Crippen LogP contribution in [0.25, 0.3) is 0 Å². The lowest BCUT2D eigenvalue weighted by molar-refractivity contribution is 0.579. The van der Waals surface area contributed by atoms with Crippen LogP contribution in [0.5, 0.6) is 0 Å². The molecule has 20 heavy (non-hydrogen) atoms. The Morgan fingerprint density at radius 3 is 2.70 bits per heavy atom. The summed E-state index contributed by atoms with van der Waals surface area (Å²) in [5, 5.41) is 2.76. The van der Waals surface area contributed by atoms with Gasteiger partial charge in [-0.15, -0.1) is 11.3 Å². The highest BCUT2D eigenvalue weighted by molar-refractivity contribution is 7.90. The van der Waals surface area contributed by atoms with E-state index in [2.05, 4.69) is 21.8 Å². The van der Waals surface area contributed by atoms with Crippen LogP contribution in [0.2, 0.25) is 0 Å². The van der Waals surface area contributed by atoms with Crippen LogP contribution in [-0.4, -0.2) is 18.7 Å². The van der Waals surface area contributed by atoms with E-state index in [9.17, 15) is 8.42 Å². The molecule has 1 aromatic heterocycles. The molecule has 0 aliphatic heterocycles. The third kappa shape index (κ3) is 3.45. The third-order valence-corrected chi connectivity index (χ3v) is 6.01. The Hall–Kier alpha value is -1.24. The van der Waals surface area contributed by atoms with Crippen LogP contribution < -0.4 is 4.72 Å². The number of thiazole rings is 1. The summed E-state index contributed by atoms with van der Waals surface area (Å²) in [5.41, 5.74) is 2.01. The normalized spacial score (nSPS) is 15.4. The van der Waals surface area contributed by atoms with Gasteiger partial charge in [0.2, 0.25) is 10.0 Å². The molecule has 1 fully saturated rings. The van der Waals surface area contributed by atoms with Crippen LogP contribution in [-0.2, 0) is 23.0 Å². The maximum atomic E-state index is 11.7. The first-order valence-electron chi connectivity index (χ1n) is 6.59.